The van der Waals surface area contributed by atoms with Gasteiger partial charge >= 0.3 is 5.63 Å². The summed E-state index contributed by atoms with van der Waals surface area (Å²) in [7, 11) is 0. The van der Waals surface area contributed by atoms with E-state index in [1.165, 1.54) is 6.07 Å². The number of hydrogen-bond donors (Lipinski definition) is 1. The van der Waals surface area contributed by atoms with Gasteiger partial charge in [-0.15, -0.1) is 0 Å². The summed E-state index contributed by atoms with van der Waals surface area (Å²) in [5.41, 5.74) is -0.0586. The van der Waals surface area contributed by atoms with Crippen molar-refractivity contribution in [1.29, 1.82) is 0 Å². The van der Waals surface area contributed by atoms with Crippen LogP contribution < -0.4 is 10.4 Å². The number of benzene rings is 2. The van der Waals surface area contributed by atoms with Gasteiger partial charge in [0.1, 0.15) is 29.4 Å². The third-order valence-electron chi connectivity index (χ3n) is 3.63. The zero-order chi connectivity index (χ0) is 15.8. The molecule has 4 aromatic rings. The molecule has 2 heterocycles. The molecule has 0 aliphatic rings. The van der Waals surface area contributed by atoms with E-state index in [-0.39, 0.29) is 5.75 Å². The SMILES string of the molecule is O=c1oc2cc(OCc3ccco3)ccc2c2ccc(O)cc12. The largest absolute Gasteiger partial charge is 0.508 e. The normalized spacial score (nSPS) is 11.1. The average molecular weight is 308 g/mol. The minimum absolute atomic E-state index is 0.0301. The van der Waals surface area contributed by atoms with Gasteiger partial charge in [0.25, 0.3) is 0 Å². The van der Waals surface area contributed by atoms with Crippen LogP contribution in [0.1, 0.15) is 5.76 Å². The first-order valence-corrected chi connectivity index (χ1v) is 7.05. The van der Waals surface area contributed by atoms with E-state index in [1.807, 2.05) is 12.1 Å². The fraction of sp³-hybridized carbons (Fsp3) is 0.0556. The molecule has 114 valence electrons. The quantitative estimate of drug-likeness (QED) is 0.460. The van der Waals surface area contributed by atoms with Crippen LogP contribution in [0.3, 0.4) is 0 Å². The van der Waals surface area contributed by atoms with E-state index < -0.39 is 5.63 Å². The number of hydrogen-bond acceptors (Lipinski definition) is 5. The second-order valence-electron chi connectivity index (χ2n) is 5.15. The Balaban J connectivity index is 1.78. The molecule has 23 heavy (non-hydrogen) atoms. The Labute approximate surface area is 130 Å². The van der Waals surface area contributed by atoms with Gasteiger partial charge in [-0.1, -0.05) is 0 Å². The Morgan fingerprint density at radius 2 is 1.87 bits per heavy atom. The highest BCUT2D eigenvalue weighted by Gasteiger charge is 2.09. The number of ether oxygens (including phenoxy) is 1. The van der Waals surface area contributed by atoms with Crippen LogP contribution in [0.4, 0.5) is 0 Å². The minimum atomic E-state index is -0.494. The second-order valence-corrected chi connectivity index (χ2v) is 5.15. The molecule has 0 unspecified atom stereocenters. The van der Waals surface area contributed by atoms with Crippen LogP contribution in [0.25, 0.3) is 21.7 Å². The van der Waals surface area contributed by atoms with E-state index in [4.69, 9.17) is 13.6 Å². The summed E-state index contributed by atoms with van der Waals surface area (Å²) in [6.45, 7) is 0.296. The average Bonchev–Trinajstić information content (AvgIpc) is 3.06. The molecule has 5 heteroatoms. The van der Waals surface area contributed by atoms with Gasteiger partial charge in [0.2, 0.25) is 0 Å². The monoisotopic (exact) mass is 308 g/mol. The lowest BCUT2D eigenvalue weighted by atomic mass is 10.1. The van der Waals surface area contributed by atoms with Crippen molar-refractivity contribution in [2.45, 2.75) is 6.61 Å². The van der Waals surface area contributed by atoms with Crippen molar-refractivity contribution in [2.24, 2.45) is 0 Å². The summed E-state index contributed by atoms with van der Waals surface area (Å²) in [5.74, 6) is 1.32. The van der Waals surface area contributed by atoms with E-state index in [1.54, 1.807) is 36.6 Å². The molecule has 1 N–H and O–H groups in total. The van der Waals surface area contributed by atoms with Gasteiger partial charge in [-0.25, -0.2) is 4.79 Å². The summed E-state index contributed by atoms with van der Waals surface area (Å²) in [6.07, 6.45) is 1.58. The maximum atomic E-state index is 12.1. The van der Waals surface area contributed by atoms with Crippen LogP contribution in [0, 0.1) is 0 Å². The smallest absolute Gasteiger partial charge is 0.344 e. The molecule has 0 spiro atoms. The van der Waals surface area contributed by atoms with Crippen LogP contribution in [-0.2, 0) is 6.61 Å². The molecule has 0 atom stereocenters. The molecule has 2 aromatic carbocycles. The van der Waals surface area contributed by atoms with Crippen molar-refractivity contribution < 1.29 is 18.7 Å². The van der Waals surface area contributed by atoms with Crippen molar-refractivity contribution in [3.63, 3.8) is 0 Å². The standard InChI is InChI=1S/C18H12O5/c19-11-3-5-14-15-6-4-12(22-10-13-2-1-7-21-13)9-17(15)23-18(20)16(14)8-11/h1-9,19H,10H2. The van der Waals surface area contributed by atoms with E-state index in [0.717, 1.165) is 10.8 Å². The topological polar surface area (TPSA) is 72.8 Å². The van der Waals surface area contributed by atoms with Gasteiger partial charge in [-0.2, -0.15) is 0 Å². The van der Waals surface area contributed by atoms with Crippen LogP contribution in [0.2, 0.25) is 0 Å². The van der Waals surface area contributed by atoms with Crippen LogP contribution in [0.15, 0.2) is 68.4 Å². The number of aromatic hydroxyl groups is 1. The van der Waals surface area contributed by atoms with Crippen LogP contribution in [-0.4, -0.2) is 5.11 Å². The molecule has 2 aromatic heterocycles. The maximum Gasteiger partial charge on any atom is 0.344 e. The fourth-order valence-electron chi connectivity index (χ4n) is 2.54. The molecule has 0 fully saturated rings. The van der Waals surface area contributed by atoms with Crippen LogP contribution >= 0.6 is 0 Å². The van der Waals surface area contributed by atoms with Gasteiger partial charge in [-0.3, -0.25) is 0 Å². The van der Waals surface area contributed by atoms with Gasteiger partial charge in [-0.05, 0) is 42.5 Å². The Kier molecular flexibility index (Phi) is 3.05. The first kappa shape index (κ1) is 13.5. The maximum absolute atomic E-state index is 12.1. The summed E-state index contributed by atoms with van der Waals surface area (Å²) in [6, 6.07) is 13.6. The zero-order valence-corrected chi connectivity index (χ0v) is 12.0. The Morgan fingerprint density at radius 3 is 2.70 bits per heavy atom. The lowest BCUT2D eigenvalue weighted by molar-refractivity contribution is 0.270. The van der Waals surface area contributed by atoms with Gasteiger partial charge < -0.3 is 18.7 Å². The van der Waals surface area contributed by atoms with E-state index in [0.29, 0.717) is 29.1 Å². The van der Waals surface area contributed by atoms with Gasteiger partial charge in [0.15, 0.2) is 0 Å². The minimum Gasteiger partial charge on any atom is -0.508 e. The lowest BCUT2D eigenvalue weighted by Crippen LogP contribution is -2.00. The number of phenols is 1. The molecule has 0 saturated carbocycles. The Bertz CT molecular complexity index is 1040. The van der Waals surface area contributed by atoms with Crippen molar-refractivity contribution in [1.82, 2.24) is 0 Å². The van der Waals surface area contributed by atoms with Gasteiger partial charge in [0.05, 0.1) is 11.6 Å². The molecule has 0 amide bonds. The Hall–Kier alpha value is -3.21. The molecule has 4 rings (SSSR count). The number of phenolic OH excluding ortho intramolecular Hbond substituents is 1. The summed E-state index contributed by atoms with van der Waals surface area (Å²) >= 11 is 0. The van der Waals surface area contributed by atoms with E-state index in [9.17, 15) is 9.90 Å². The first-order chi connectivity index (χ1) is 11.2. The predicted octanol–water partition coefficient (Wildman–Crippen LogP) is 3.82. The van der Waals surface area contributed by atoms with E-state index in [2.05, 4.69) is 0 Å². The highest BCUT2D eigenvalue weighted by Crippen LogP contribution is 2.28. The molecule has 0 bridgehead atoms. The molecule has 5 nitrogen and oxygen atoms in total. The first-order valence-electron chi connectivity index (χ1n) is 7.05. The summed E-state index contributed by atoms with van der Waals surface area (Å²) < 4.78 is 16.2. The third kappa shape index (κ3) is 2.42. The van der Waals surface area contributed by atoms with Crippen molar-refractivity contribution >= 4 is 21.7 Å². The highest BCUT2D eigenvalue weighted by atomic mass is 16.5. The zero-order valence-electron chi connectivity index (χ0n) is 12.0. The number of rotatable bonds is 3. The molecular formula is C18H12O5. The summed E-state index contributed by atoms with van der Waals surface area (Å²) in [5, 5.41) is 11.4. The second kappa shape index (κ2) is 5.21. The number of furan rings is 1. The molecule has 0 radical (unpaired) electrons. The lowest BCUT2D eigenvalue weighted by Gasteiger charge is -2.07. The summed E-state index contributed by atoms with van der Waals surface area (Å²) in [4.78, 5) is 12.1. The van der Waals surface area contributed by atoms with Crippen molar-refractivity contribution in [3.05, 3.63) is 71.0 Å². The molecule has 0 aliphatic carbocycles. The molecule has 0 saturated heterocycles. The molecular weight excluding hydrogens is 296 g/mol. The predicted molar refractivity (Wildman–Crippen MR) is 84.7 cm³/mol. The fourth-order valence-corrected chi connectivity index (χ4v) is 2.54. The Morgan fingerprint density at radius 1 is 1.00 bits per heavy atom. The van der Waals surface area contributed by atoms with Crippen molar-refractivity contribution in [2.75, 3.05) is 0 Å². The number of fused-ring (bicyclic) bond motifs is 3. The van der Waals surface area contributed by atoms with E-state index >= 15 is 0 Å². The third-order valence-corrected chi connectivity index (χ3v) is 3.63. The molecule has 0 aliphatic heterocycles. The van der Waals surface area contributed by atoms with Crippen molar-refractivity contribution in [3.8, 4) is 11.5 Å². The van der Waals surface area contributed by atoms with Gasteiger partial charge in [0, 0.05) is 16.8 Å². The highest BCUT2D eigenvalue weighted by molar-refractivity contribution is 6.04. The van der Waals surface area contributed by atoms with Crippen LogP contribution in [0.5, 0.6) is 11.5 Å².